The van der Waals surface area contributed by atoms with Crippen molar-refractivity contribution in [2.45, 2.75) is 32.3 Å². The zero-order valence-corrected chi connectivity index (χ0v) is 11.4. The van der Waals surface area contributed by atoms with E-state index in [9.17, 15) is 4.79 Å². The van der Waals surface area contributed by atoms with Crippen LogP contribution in [0, 0.1) is 0 Å². The molecule has 4 heteroatoms. The second kappa shape index (κ2) is 7.14. The second-order valence-corrected chi connectivity index (χ2v) is 5.11. The Morgan fingerprint density at radius 1 is 1.47 bits per heavy atom. The number of likely N-dealkylation sites (tertiary alicyclic amines) is 1. The van der Waals surface area contributed by atoms with Crippen molar-refractivity contribution in [2.24, 2.45) is 0 Å². The van der Waals surface area contributed by atoms with Crippen molar-refractivity contribution in [1.29, 1.82) is 0 Å². The Bertz CT molecular complexity index is 405. The van der Waals surface area contributed by atoms with Gasteiger partial charge in [0.05, 0.1) is 19.4 Å². The molecule has 0 unspecified atom stereocenters. The van der Waals surface area contributed by atoms with Crippen LogP contribution in [0.25, 0.3) is 6.08 Å². The average molecular weight is 264 g/mol. The average Bonchev–Trinajstić information content (AvgIpc) is 2.90. The lowest BCUT2D eigenvalue weighted by Crippen LogP contribution is -3.13. The maximum absolute atomic E-state index is 11.6. The normalized spacial score (nSPS) is 18.6. The van der Waals surface area contributed by atoms with Crippen LogP contribution in [0.1, 0.15) is 31.9 Å². The van der Waals surface area contributed by atoms with Crippen LogP contribution in [0.15, 0.2) is 28.9 Å². The zero-order valence-electron chi connectivity index (χ0n) is 11.4. The van der Waals surface area contributed by atoms with Crippen LogP contribution >= 0.6 is 0 Å². The number of rotatable bonds is 5. The summed E-state index contributed by atoms with van der Waals surface area (Å²) in [4.78, 5) is 13.2. The van der Waals surface area contributed by atoms with Crippen molar-refractivity contribution >= 4 is 12.0 Å². The van der Waals surface area contributed by atoms with Gasteiger partial charge in [0.25, 0.3) is 0 Å². The number of furan rings is 1. The van der Waals surface area contributed by atoms with Gasteiger partial charge in [-0.3, -0.25) is 0 Å². The van der Waals surface area contributed by atoms with Gasteiger partial charge in [-0.15, -0.1) is 0 Å². The Morgan fingerprint density at radius 3 is 2.95 bits per heavy atom. The first kappa shape index (κ1) is 13.9. The van der Waals surface area contributed by atoms with Gasteiger partial charge in [-0.2, -0.15) is 0 Å². The summed E-state index contributed by atoms with van der Waals surface area (Å²) in [6.45, 7) is 5.26. The fourth-order valence-corrected chi connectivity index (χ4v) is 2.48. The fourth-order valence-electron chi connectivity index (χ4n) is 2.48. The first-order chi connectivity index (χ1) is 9.24. The monoisotopic (exact) mass is 264 g/mol. The van der Waals surface area contributed by atoms with E-state index in [1.807, 2.05) is 6.92 Å². The van der Waals surface area contributed by atoms with Crippen LogP contribution in [-0.2, 0) is 9.53 Å². The van der Waals surface area contributed by atoms with Crippen LogP contribution in [-0.4, -0.2) is 31.7 Å². The third kappa shape index (κ3) is 4.91. The van der Waals surface area contributed by atoms with Gasteiger partial charge in [0.1, 0.15) is 18.4 Å². The summed E-state index contributed by atoms with van der Waals surface area (Å²) < 4.78 is 10.5. The van der Waals surface area contributed by atoms with E-state index in [1.54, 1.807) is 29.4 Å². The van der Waals surface area contributed by atoms with Gasteiger partial charge in [-0.05, 0) is 44.4 Å². The molecule has 1 N–H and O–H groups in total. The van der Waals surface area contributed by atoms with Crippen LogP contribution < -0.4 is 4.90 Å². The first-order valence-electron chi connectivity index (χ1n) is 7.00. The highest BCUT2D eigenvalue weighted by molar-refractivity contribution is 5.86. The van der Waals surface area contributed by atoms with E-state index in [-0.39, 0.29) is 12.1 Å². The summed E-state index contributed by atoms with van der Waals surface area (Å²) in [7, 11) is 0. The minimum Gasteiger partial charge on any atom is -0.465 e. The number of quaternary nitrogens is 1. The van der Waals surface area contributed by atoms with Crippen LogP contribution in [0.3, 0.4) is 0 Å². The topological polar surface area (TPSA) is 43.9 Å². The number of ether oxygens (including phenoxy) is 1. The fraction of sp³-hybridized carbons (Fsp3) is 0.533. The standard InChI is InChI=1S/C15H21NO3/c1-13(12-16-9-3-2-4-10-16)19-15(17)8-7-14-6-5-11-18-14/h5-8,11,13H,2-4,9-10,12H2,1H3/p+1/b8-7+/t13-/m1/s1. The largest absolute Gasteiger partial charge is 0.465 e. The van der Waals surface area contributed by atoms with Crippen molar-refractivity contribution in [3.8, 4) is 0 Å². The molecule has 2 rings (SSSR count). The van der Waals surface area contributed by atoms with Gasteiger partial charge in [-0.1, -0.05) is 0 Å². The molecule has 1 saturated heterocycles. The minimum absolute atomic E-state index is 0.0400. The molecule has 0 radical (unpaired) electrons. The number of hydrogen-bond acceptors (Lipinski definition) is 3. The molecule has 2 heterocycles. The van der Waals surface area contributed by atoms with E-state index in [0.717, 1.165) is 6.54 Å². The molecule has 0 amide bonds. The maximum atomic E-state index is 11.6. The van der Waals surface area contributed by atoms with E-state index in [1.165, 1.54) is 38.4 Å². The molecule has 1 atom stereocenters. The number of carbonyl (C=O) groups excluding carboxylic acids is 1. The Labute approximate surface area is 114 Å². The van der Waals surface area contributed by atoms with Crippen LogP contribution in [0.4, 0.5) is 0 Å². The predicted molar refractivity (Wildman–Crippen MR) is 72.7 cm³/mol. The molecule has 104 valence electrons. The van der Waals surface area contributed by atoms with Crippen molar-refractivity contribution in [2.75, 3.05) is 19.6 Å². The van der Waals surface area contributed by atoms with E-state index in [4.69, 9.17) is 9.15 Å². The van der Waals surface area contributed by atoms with Crippen molar-refractivity contribution in [3.05, 3.63) is 30.2 Å². The van der Waals surface area contributed by atoms with Gasteiger partial charge in [0.2, 0.25) is 0 Å². The lowest BCUT2D eigenvalue weighted by atomic mass is 10.1. The van der Waals surface area contributed by atoms with E-state index in [2.05, 4.69) is 0 Å². The predicted octanol–water partition coefficient (Wildman–Crippen LogP) is 1.29. The Morgan fingerprint density at radius 2 is 2.26 bits per heavy atom. The number of hydrogen-bond donors (Lipinski definition) is 1. The van der Waals surface area contributed by atoms with E-state index in [0.29, 0.717) is 5.76 Å². The Hall–Kier alpha value is -1.55. The molecule has 1 aliphatic heterocycles. The van der Waals surface area contributed by atoms with Crippen molar-refractivity contribution in [1.82, 2.24) is 0 Å². The maximum Gasteiger partial charge on any atom is 0.331 e. The van der Waals surface area contributed by atoms with Gasteiger partial charge >= 0.3 is 5.97 Å². The summed E-state index contributed by atoms with van der Waals surface area (Å²) in [6.07, 6.45) is 8.49. The highest BCUT2D eigenvalue weighted by atomic mass is 16.5. The molecule has 1 fully saturated rings. The molecule has 1 aliphatic rings. The Balaban J connectivity index is 1.72. The Kier molecular flexibility index (Phi) is 5.21. The van der Waals surface area contributed by atoms with E-state index >= 15 is 0 Å². The minimum atomic E-state index is -0.305. The van der Waals surface area contributed by atoms with Gasteiger partial charge in [0, 0.05) is 6.08 Å². The highest BCUT2D eigenvalue weighted by Gasteiger charge is 2.18. The lowest BCUT2D eigenvalue weighted by Gasteiger charge is -2.25. The third-order valence-corrected chi connectivity index (χ3v) is 3.38. The van der Waals surface area contributed by atoms with Gasteiger partial charge < -0.3 is 14.1 Å². The van der Waals surface area contributed by atoms with Gasteiger partial charge in [-0.25, -0.2) is 4.79 Å². The summed E-state index contributed by atoms with van der Waals surface area (Å²) in [6, 6.07) is 3.58. The van der Waals surface area contributed by atoms with Gasteiger partial charge in [0.15, 0.2) is 0 Å². The van der Waals surface area contributed by atoms with Crippen molar-refractivity contribution in [3.63, 3.8) is 0 Å². The van der Waals surface area contributed by atoms with Crippen LogP contribution in [0.5, 0.6) is 0 Å². The highest BCUT2D eigenvalue weighted by Crippen LogP contribution is 2.03. The molecule has 0 spiro atoms. The molecule has 19 heavy (non-hydrogen) atoms. The number of carbonyl (C=O) groups is 1. The number of piperidine rings is 1. The molecule has 1 aromatic rings. The number of nitrogens with one attached hydrogen (secondary N) is 1. The summed E-state index contributed by atoms with van der Waals surface area (Å²) in [5.41, 5.74) is 0. The lowest BCUT2D eigenvalue weighted by molar-refractivity contribution is -0.907. The molecular weight excluding hydrogens is 242 g/mol. The molecular formula is C15H22NO3+. The molecule has 1 aromatic heterocycles. The summed E-state index contributed by atoms with van der Waals surface area (Å²) >= 11 is 0. The third-order valence-electron chi connectivity index (χ3n) is 3.38. The van der Waals surface area contributed by atoms with Crippen molar-refractivity contribution < 1.29 is 18.8 Å². The summed E-state index contributed by atoms with van der Waals surface area (Å²) in [5, 5.41) is 0. The quantitative estimate of drug-likeness (QED) is 0.644. The van der Waals surface area contributed by atoms with E-state index < -0.39 is 0 Å². The molecule has 0 aliphatic carbocycles. The molecule has 4 nitrogen and oxygen atoms in total. The number of esters is 1. The van der Waals surface area contributed by atoms with Crippen LogP contribution in [0.2, 0.25) is 0 Å². The zero-order chi connectivity index (χ0) is 13.5. The smallest absolute Gasteiger partial charge is 0.331 e. The SMILES string of the molecule is C[C@H](C[NH+]1CCCCC1)OC(=O)/C=C/c1ccco1. The molecule has 0 saturated carbocycles. The first-order valence-corrected chi connectivity index (χ1v) is 7.00. The summed E-state index contributed by atoms with van der Waals surface area (Å²) in [5.74, 6) is 0.353. The second-order valence-electron chi connectivity index (χ2n) is 5.11. The molecule has 0 bridgehead atoms. The molecule has 0 aromatic carbocycles.